The molecule has 0 saturated heterocycles. The normalized spacial score (nSPS) is 10.3. The maximum absolute atomic E-state index is 13.3. The van der Waals surface area contributed by atoms with E-state index >= 15 is 0 Å². The molecule has 4 nitrogen and oxygen atoms in total. The van der Waals surface area contributed by atoms with Crippen LogP contribution < -0.4 is 10.6 Å². The number of unbranched alkanes of at least 4 members (excludes halogenated alkanes) is 2. The number of hydrogen-bond acceptors (Lipinski definition) is 2. The lowest BCUT2D eigenvalue weighted by Gasteiger charge is -2.08. The summed E-state index contributed by atoms with van der Waals surface area (Å²) in [6, 6.07) is 1.47. The van der Waals surface area contributed by atoms with Crippen molar-refractivity contribution in [3.05, 3.63) is 35.1 Å². The van der Waals surface area contributed by atoms with Gasteiger partial charge in [0.2, 0.25) is 5.91 Å². The molecule has 0 unspecified atom stereocenters. The summed E-state index contributed by atoms with van der Waals surface area (Å²) < 4.78 is 39.1. The zero-order chi connectivity index (χ0) is 15.8. The van der Waals surface area contributed by atoms with E-state index in [1.54, 1.807) is 0 Å². The quantitative estimate of drug-likeness (QED) is 0.599. The maximum Gasteiger partial charge on any atom is 0.254 e. The van der Waals surface area contributed by atoms with Gasteiger partial charge in [0.05, 0.1) is 12.1 Å². The number of carbonyl (C=O) groups is 2. The van der Waals surface area contributed by atoms with Crippen molar-refractivity contribution < 1.29 is 22.8 Å². The number of benzene rings is 1. The minimum Gasteiger partial charge on any atom is -0.355 e. The molecule has 0 atom stereocenters. The minimum atomic E-state index is -1.72. The zero-order valence-corrected chi connectivity index (χ0v) is 11.6. The van der Waals surface area contributed by atoms with Gasteiger partial charge in [0.25, 0.3) is 5.91 Å². The van der Waals surface area contributed by atoms with E-state index in [0.717, 1.165) is 25.3 Å². The summed E-state index contributed by atoms with van der Waals surface area (Å²) in [6.45, 7) is 2.16. The summed E-state index contributed by atoms with van der Waals surface area (Å²) in [5, 5.41) is 4.72. The standard InChI is InChI=1S/C14H17F3N2O2/c1-2-3-4-7-18-11(20)8-19-14(21)9-5-6-10(15)13(17)12(9)16/h5-6H,2-4,7-8H2,1H3,(H,18,20)(H,19,21). The van der Waals surface area contributed by atoms with Gasteiger partial charge in [0.1, 0.15) is 0 Å². The Morgan fingerprint density at radius 3 is 2.43 bits per heavy atom. The van der Waals surface area contributed by atoms with Crippen LogP contribution in [-0.2, 0) is 4.79 Å². The van der Waals surface area contributed by atoms with Crippen LogP contribution in [0.15, 0.2) is 12.1 Å². The van der Waals surface area contributed by atoms with Gasteiger partial charge in [-0.25, -0.2) is 13.2 Å². The largest absolute Gasteiger partial charge is 0.355 e. The SMILES string of the molecule is CCCCCNC(=O)CNC(=O)c1ccc(F)c(F)c1F. The van der Waals surface area contributed by atoms with Crippen LogP contribution in [0.3, 0.4) is 0 Å². The van der Waals surface area contributed by atoms with E-state index in [-0.39, 0.29) is 6.54 Å². The van der Waals surface area contributed by atoms with Gasteiger partial charge in [-0.3, -0.25) is 9.59 Å². The lowest BCUT2D eigenvalue weighted by atomic mass is 10.2. The molecule has 0 saturated carbocycles. The topological polar surface area (TPSA) is 58.2 Å². The molecular formula is C14H17F3N2O2. The van der Waals surface area contributed by atoms with Crippen molar-refractivity contribution in [2.24, 2.45) is 0 Å². The Labute approximate surface area is 120 Å². The summed E-state index contributed by atoms with van der Waals surface area (Å²) in [6.07, 6.45) is 2.82. The van der Waals surface area contributed by atoms with E-state index in [1.807, 2.05) is 6.92 Å². The first-order valence-corrected chi connectivity index (χ1v) is 6.65. The predicted molar refractivity (Wildman–Crippen MR) is 71.2 cm³/mol. The third-order valence-corrected chi connectivity index (χ3v) is 2.79. The highest BCUT2D eigenvalue weighted by Gasteiger charge is 2.18. The highest BCUT2D eigenvalue weighted by molar-refractivity contribution is 5.96. The molecule has 0 aromatic heterocycles. The number of halogens is 3. The summed E-state index contributed by atoms with van der Waals surface area (Å²) >= 11 is 0. The molecule has 0 heterocycles. The van der Waals surface area contributed by atoms with Crippen molar-refractivity contribution in [3.63, 3.8) is 0 Å². The van der Waals surface area contributed by atoms with E-state index in [9.17, 15) is 22.8 Å². The molecule has 1 rings (SSSR count). The second kappa shape index (κ2) is 8.28. The summed E-state index contributed by atoms with van der Waals surface area (Å²) in [5.74, 6) is -6.07. The van der Waals surface area contributed by atoms with Crippen LogP contribution in [0.4, 0.5) is 13.2 Å². The molecule has 1 aromatic carbocycles. The first kappa shape index (κ1) is 17.0. The average molecular weight is 302 g/mol. The van der Waals surface area contributed by atoms with Gasteiger partial charge < -0.3 is 10.6 Å². The number of amides is 2. The molecule has 1 aromatic rings. The van der Waals surface area contributed by atoms with E-state index in [4.69, 9.17) is 0 Å². The Morgan fingerprint density at radius 1 is 1.05 bits per heavy atom. The van der Waals surface area contributed by atoms with Crippen LogP contribution in [-0.4, -0.2) is 24.9 Å². The van der Waals surface area contributed by atoms with Crippen molar-refractivity contribution in [1.82, 2.24) is 10.6 Å². The lowest BCUT2D eigenvalue weighted by Crippen LogP contribution is -2.37. The summed E-state index contributed by atoms with van der Waals surface area (Å²) in [7, 11) is 0. The van der Waals surface area contributed by atoms with Crippen molar-refractivity contribution in [3.8, 4) is 0 Å². The Kier molecular flexibility index (Phi) is 6.71. The fourth-order valence-electron chi connectivity index (χ4n) is 1.62. The molecular weight excluding hydrogens is 285 g/mol. The van der Waals surface area contributed by atoms with Crippen molar-refractivity contribution in [2.45, 2.75) is 26.2 Å². The van der Waals surface area contributed by atoms with E-state index in [0.29, 0.717) is 12.6 Å². The molecule has 0 aliphatic carbocycles. The second-order valence-electron chi connectivity index (χ2n) is 4.46. The van der Waals surface area contributed by atoms with Crippen LogP contribution in [0.25, 0.3) is 0 Å². The number of carbonyl (C=O) groups excluding carboxylic acids is 2. The molecule has 0 aliphatic rings. The number of nitrogens with one attached hydrogen (secondary N) is 2. The van der Waals surface area contributed by atoms with Gasteiger partial charge in [0, 0.05) is 6.54 Å². The summed E-state index contributed by atoms with van der Waals surface area (Å²) in [4.78, 5) is 23.0. The van der Waals surface area contributed by atoms with Crippen LogP contribution in [0.5, 0.6) is 0 Å². The molecule has 116 valence electrons. The molecule has 2 N–H and O–H groups in total. The van der Waals surface area contributed by atoms with Crippen molar-refractivity contribution in [2.75, 3.05) is 13.1 Å². The first-order valence-electron chi connectivity index (χ1n) is 6.65. The predicted octanol–water partition coefficient (Wildman–Crippen LogP) is 2.14. The molecule has 0 bridgehead atoms. The van der Waals surface area contributed by atoms with Crippen molar-refractivity contribution in [1.29, 1.82) is 0 Å². The van der Waals surface area contributed by atoms with Crippen molar-refractivity contribution >= 4 is 11.8 Å². The van der Waals surface area contributed by atoms with Gasteiger partial charge >= 0.3 is 0 Å². The average Bonchev–Trinajstić information content (AvgIpc) is 2.47. The molecule has 2 amide bonds. The Bertz CT molecular complexity index is 521. The van der Waals surface area contributed by atoms with E-state index in [1.165, 1.54) is 0 Å². The van der Waals surface area contributed by atoms with Gasteiger partial charge in [-0.1, -0.05) is 19.8 Å². The van der Waals surface area contributed by atoms with Gasteiger partial charge in [-0.2, -0.15) is 0 Å². The smallest absolute Gasteiger partial charge is 0.254 e. The lowest BCUT2D eigenvalue weighted by molar-refractivity contribution is -0.120. The van der Waals surface area contributed by atoms with Crippen LogP contribution in [0.2, 0.25) is 0 Å². The minimum absolute atomic E-state index is 0.358. The second-order valence-corrected chi connectivity index (χ2v) is 4.46. The Balaban J connectivity index is 2.47. The Morgan fingerprint density at radius 2 is 1.76 bits per heavy atom. The highest BCUT2D eigenvalue weighted by atomic mass is 19.2. The molecule has 21 heavy (non-hydrogen) atoms. The molecule has 7 heteroatoms. The third kappa shape index (κ3) is 5.09. The Hall–Kier alpha value is -2.05. The molecule has 0 fully saturated rings. The first-order chi connectivity index (χ1) is 9.97. The highest BCUT2D eigenvalue weighted by Crippen LogP contribution is 2.14. The van der Waals surface area contributed by atoms with Gasteiger partial charge in [-0.05, 0) is 18.6 Å². The zero-order valence-electron chi connectivity index (χ0n) is 11.6. The van der Waals surface area contributed by atoms with Crippen LogP contribution in [0.1, 0.15) is 36.5 Å². The fourth-order valence-corrected chi connectivity index (χ4v) is 1.62. The molecule has 0 spiro atoms. The van der Waals surface area contributed by atoms with Gasteiger partial charge in [0.15, 0.2) is 17.5 Å². The molecule has 0 radical (unpaired) electrons. The third-order valence-electron chi connectivity index (χ3n) is 2.79. The van der Waals surface area contributed by atoms with E-state index < -0.39 is 34.8 Å². The molecule has 0 aliphatic heterocycles. The van der Waals surface area contributed by atoms with Gasteiger partial charge in [-0.15, -0.1) is 0 Å². The summed E-state index contributed by atoms with van der Waals surface area (Å²) in [5.41, 5.74) is -0.646. The van der Waals surface area contributed by atoms with Crippen LogP contribution in [0, 0.1) is 17.5 Å². The number of hydrogen-bond donors (Lipinski definition) is 2. The maximum atomic E-state index is 13.3. The fraction of sp³-hybridized carbons (Fsp3) is 0.429. The van der Waals surface area contributed by atoms with E-state index in [2.05, 4.69) is 10.6 Å². The monoisotopic (exact) mass is 302 g/mol. The van der Waals surface area contributed by atoms with Crippen LogP contribution >= 0.6 is 0 Å². The number of rotatable bonds is 7.